The molecule has 0 bridgehead atoms. The smallest absolute Gasteiger partial charge is 0.252 e. The van der Waals surface area contributed by atoms with Crippen molar-refractivity contribution in [2.45, 2.75) is 13.0 Å². The summed E-state index contributed by atoms with van der Waals surface area (Å²) in [5, 5.41) is 2.51. The van der Waals surface area contributed by atoms with Gasteiger partial charge in [0.1, 0.15) is 11.6 Å². The molecule has 0 aliphatic carbocycles. The van der Waals surface area contributed by atoms with E-state index in [1.807, 2.05) is 0 Å². The SMILES string of the molecule is CC(NC(=O)c1cc[nH]c(=O)c1)c1cc(F)ccc1F. The Morgan fingerprint density at radius 2 is 2.00 bits per heavy atom. The third-order valence-electron chi connectivity index (χ3n) is 2.81. The van der Waals surface area contributed by atoms with Gasteiger partial charge in [-0.2, -0.15) is 0 Å². The molecule has 4 nitrogen and oxygen atoms in total. The maximum atomic E-state index is 13.6. The van der Waals surface area contributed by atoms with Crippen LogP contribution in [0, 0.1) is 11.6 Å². The Kier molecular flexibility index (Phi) is 3.93. The number of carbonyl (C=O) groups is 1. The highest BCUT2D eigenvalue weighted by Crippen LogP contribution is 2.18. The lowest BCUT2D eigenvalue weighted by molar-refractivity contribution is 0.0939. The number of rotatable bonds is 3. The molecule has 0 fully saturated rings. The van der Waals surface area contributed by atoms with E-state index in [4.69, 9.17) is 0 Å². The van der Waals surface area contributed by atoms with E-state index in [1.54, 1.807) is 0 Å². The van der Waals surface area contributed by atoms with E-state index in [2.05, 4.69) is 10.3 Å². The normalized spacial score (nSPS) is 11.9. The average Bonchev–Trinajstić information content (AvgIpc) is 2.41. The minimum atomic E-state index is -0.725. The Hall–Kier alpha value is -2.50. The quantitative estimate of drug-likeness (QED) is 0.903. The number of aromatic amines is 1. The molecular formula is C14H12F2N2O2. The first-order valence-electron chi connectivity index (χ1n) is 5.92. The van der Waals surface area contributed by atoms with Crippen LogP contribution in [0.3, 0.4) is 0 Å². The van der Waals surface area contributed by atoms with Crippen LogP contribution in [0.5, 0.6) is 0 Å². The molecule has 0 aliphatic heterocycles. The van der Waals surface area contributed by atoms with E-state index in [9.17, 15) is 18.4 Å². The molecule has 1 atom stereocenters. The highest BCUT2D eigenvalue weighted by Gasteiger charge is 2.15. The minimum absolute atomic E-state index is 0.0446. The Balaban J connectivity index is 2.19. The van der Waals surface area contributed by atoms with Crippen molar-refractivity contribution in [1.82, 2.24) is 10.3 Å². The molecule has 0 radical (unpaired) electrons. The van der Waals surface area contributed by atoms with E-state index in [-0.39, 0.29) is 11.1 Å². The summed E-state index contributed by atoms with van der Waals surface area (Å²) in [5.74, 6) is -1.73. The molecule has 104 valence electrons. The molecule has 1 unspecified atom stereocenters. The summed E-state index contributed by atoms with van der Waals surface area (Å²) in [5.41, 5.74) is -0.220. The highest BCUT2D eigenvalue weighted by atomic mass is 19.1. The largest absolute Gasteiger partial charge is 0.345 e. The van der Waals surface area contributed by atoms with E-state index < -0.39 is 29.1 Å². The number of nitrogens with one attached hydrogen (secondary N) is 2. The zero-order valence-corrected chi connectivity index (χ0v) is 10.6. The summed E-state index contributed by atoms with van der Waals surface area (Å²) < 4.78 is 26.7. The van der Waals surface area contributed by atoms with Crippen molar-refractivity contribution in [3.05, 3.63) is 69.6 Å². The van der Waals surface area contributed by atoms with Crippen LogP contribution in [0.1, 0.15) is 28.9 Å². The first kappa shape index (κ1) is 13.9. The molecule has 1 aromatic heterocycles. The fourth-order valence-corrected chi connectivity index (χ4v) is 1.79. The van der Waals surface area contributed by atoms with Crippen LogP contribution in [0.15, 0.2) is 41.3 Å². The number of halogens is 2. The van der Waals surface area contributed by atoms with Gasteiger partial charge in [0.05, 0.1) is 6.04 Å². The molecule has 0 saturated heterocycles. The van der Waals surface area contributed by atoms with Gasteiger partial charge < -0.3 is 10.3 Å². The summed E-state index contributed by atoms with van der Waals surface area (Å²) in [6, 6.07) is 4.86. The van der Waals surface area contributed by atoms with Gasteiger partial charge in [0, 0.05) is 23.4 Å². The molecule has 0 spiro atoms. The maximum Gasteiger partial charge on any atom is 0.252 e. The standard InChI is InChI=1S/C14H12F2N2O2/c1-8(11-7-10(15)2-3-12(11)16)18-14(20)9-4-5-17-13(19)6-9/h2-8H,1H3,(H,17,19)(H,18,20). The second-order valence-corrected chi connectivity index (χ2v) is 4.30. The Morgan fingerprint density at radius 3 is 2.70 bits per heavy atom. The first-order valence-corrected chi connectivity index (χ1v) is 5.92. The van der Waals surface area contributed by atoms with Crippen molar-refractivity contribution in [3.63, 3.8) is 0 Å². The first-order chi connectivity index (χ1) is 9.47. The van der Waals surface area contributed by atoms with Crippen molar-refractivity contribution in [2.24, 2.45) is 0 Å². The summed E-state index contributed by atoms with van der Waals surface area (Å²) in [6.45, 7) is 1.53. The van der Waals surface area contributed by atoms with Crippen LogP contribution in [0.4, 0.5) is 8.78 Å². The van der Waals surface area contributed by atoms with Crippen LogP contribution < -0.4 is 10.9 Å². The number of H-pyrrole nitrogens is 1. The lowest BCUT2D eigenvalue weighted by atomic mass is 10.1. The molecule has 20 heavy (non-hydrogen) atoms. The Labute approximate surface area is 113 Å². The van der Waals surface area contributed by atoms with Gasteiger partial charge in [-0.25, -0.2) is 8.78 Å². The van der Waals surface area contributed by atoms with Gasteiger partial charge in [-0.05, 0) is 31.2 Å². The molecule has 0 aliphatic rings. The lowest BCUT2D eigenvalue weighted by Crippen LogP contribution is -2.28. The van der Waals surface area contributed by atoms with Crippen LogP contribution in [-0.2, 0) is 0 Å². The second kappa shape index (κ2) is 5.64. The van der Waals surface area contributed by atoms with Crippen molar-refractivity contribution in [2.75, 3.05) is 0 Å². The summed E-state index contributed by atoms with van der Waals surface area (Å²) in [6.07, 6.45) is 1.34. The lowest BCUT2D eigenvalue weighted by Gasteiger charge is -2.15. The van der Waals surface area contributed by atoms with Gasteiger partial charge in [0.15, 0.2) is 0 Å². The fraction of sp³-hybridized carbons (Fsp3) is 0.143. The number of benzene rings is 1. The molecule has 1 aromatic carbocycles. The van der Waals surface area contributed by atoms with Crippen molar-refractivity contribution >= 4 is 5.91 Å². The van der Waals surface area contributed by atoms with E-state index >= 15 is 0 Å². The number of amides is 1. The second-order valence-electron chi connectivity index (χ2n) is 4.30. The van der Waals surface area contributed by atoms with Gasteiger partial charge in [0.25, 0.3) is 5.91 Å². The monoisotopic (exact) mass is 278 g/mol. The number of pyridine rings is 1. The van der Waals surface area contributed by atoms with Crippen LogP contribution >= 0.6 is 0 Å². The number of hydrogen-bond donors (Lipinski definition) is 2. The Bertz CT molecular complexity index is 698. The van der Waals surface area contributed by atoms with Crippen LogP contribution in [-0.4, -0.2) is 10.9 Å². The van der Waals surface area contributed by atoms with Crippen molar-refractivity contribution in [3.8, 4) is 0 Å². The average molecular weight is 278 g/mol. The predicted octanol–water partition coefficient (Wildman–Crippen LogP) is 2.14. The molecule has 2 N–H and O–H groups in total. The predicted molar refractivity (Wildman–Crippen MR) is 69.3 cm³/mol. The Morgan fingerprint density at radius 1 is 1.25 bits per heavy atom. The van der Waals surface area contributed by atoms with Gasteiger partial charge in [-0.1, -0.05) is 0 Å². The topological polar surface area (TPSA) is 62.0 Å². The minimum Gasteiger partial charge on any atom is -0.345 e. The van der Waals surface area contributed by atoms with Gasteiger partial charge in [0.2, 0.25) is 5.56 Å². The molecule has 2 aromatic rings. The molecule has 0 saturated carbocycles. The maximum absolute atomic E-state index is 13.6. The molecular weight excluding hydrogens is 266 g/mol. The van der Waals surface area contributed by atoms with Gasteiger partial charge in [-0.15, -0.1) is 0 Å². The number of aromatic nitrogens is 1. The summed E-state index contributed by atoms with van der Waals surface area (Å²) >= 11 is 0. The van der Waals surface area contributed by atoms with E-state index in [0.717, 1.165) is 24.3 Å². The van der Waals surface area contributed by atoms with E-state index in [0.29, 0.717) is 0 Å². The molecule has 1 heterocycles. The van der Waals surface area contributed by atoms with Crippen LogP contribution in [0.25, 0.3) is 0 Å². The van der Waals surface area contributed by atoms with Crippen molar-refractivity contribution in [1.29, 1.82) is 0 Å². The zero-order chi connectivity index (χ0) is 14.7. The zero-order valence-electron chi connectivity index (χ0n) is 10.6. The summed E-state index contributed by atoms with van der Waals surface area (Å²) in [4.78, 5) is 25.4. The summed E-state index contributed by atoms with van der Waals surface area (Å²) in [7, 11) is 0. The molecule has 1 amide bonds. The molecule has 2 rings (SSSR count). The van der Waals surface area contributed by atoms with Crippen molar-refractivity contribution < 1.29 is 13.6 Å². The van der Waals surface area contributed by atoms with Gasteiger partial charge in [-0.3, -0.25) is 9.59 Å². The highest BCUT2D eigenvalue weighted by molar-refractivity contribution is 5.94. The van der Waals surface area contributed by atoms with E-state index in [1.165, 1.54) is 19.2 Å². The number of hydrogen-bond acceptors (Lipinski definition) is 2. The molecule has 6 heteroatoms. The van der Waals surface area contributed by atoms with Crippen LogP contribution in [0.2, 0.25) is 0 Å². The fourth-order valence-electron chi connectivity index (χ4n) is 1.79. The van der Waals surface area contributed by atoms with Gasteiger partial charge >= 0.3 is 0 Å². The number of carbonyl (C=O) groups excluding carboxylic acids is 1. The third-order valence-corrected chi connectivity index (χ3v) is 2.81. The third kappa shape index (κ3) is 3.09.